The highest BCUT2D eigenvalue weighted by molar-refractivity contribution is 7.92. The second-order valence-electron chi connectivity index (χ2n) is 7.31. The molecule has 2 N–H and O–H groups in total. The van der Waals surface area contributed by atoms with Crippen LogP contribution in [0.15, 0.2) is 47.4 Å². The number of unbranched alkanes of at least 4 members (excludes halogenated alkanes) is 2. The molecule has 0 aliphatic heterocycles. The molecular formula is C22H26N4O3S2. The van der Waals surface area contributed by atoms with Gasteiger partial charge in [0, 0.05) is 12.0 Å². The van der Waals surface area contributed by atoms with Gasteiger partial charge in [0.1, 0.15) is 5.01 Å². The van der Waals surface area contributed by atoms with E-state index < -0.39 is 15.9 Å². The van der Waals surface area contributed by atoms with Gasteiger partial charge in [-0.2, -0.15) is 0 Å². The van der Waals surface area contributed by atoms with Crippen molar-refractivity contribution in [1.82, 2.24) is 10.2 Å². The first-order chi connectivity index (χ1) is 14.8. The fourth-order valence-corrected chi connectivity index (χ4v) is 4.93. The van der Waals surface area contributed by atoms with Crippen LogP contribution in [0.4, 0.5) is 10.8 Å². The molecule has 0 unspecified atom stereocenters. The summed E-state index contributed by atoms with van der Waals surface area (Å²) < 4.78 is 28.3. The van der Waals surface area contributed by atoms with Crippen molar-refractivity contribution >= 4 is 38.1 Å². The van der Waals surface area contributed by atoms with Gasteiger partial charge in [-0.25, -0.2) is 8.42 Å². The van der Waals surface area contributed by atoms with Gasteiger partial charge in [0.25, 0.3) is 15.9 Å². The average Bonchev–Trinajstić information content (AvgIpc) is 3.17. The molecule has 1 heterocycles. The van der Waals surface area contributed by atoms with Crippen molar-refractivity contribution in [2.75, 3.05) is 10.0 Å². The number of carbonyl (C=O) groups excluding carboxylic acids is 1. The number of hydrogen-bond acceptors (Lipinski definition) is 6. The molecule has 164 valence electrons. The molecule has 7 nitrogen and oxygen atoms in total. The maximum Gasteiger partial charge on any atom is 0.261 e. The van der Waals surface area contributed by atoms with E-state index in [0.717, 1.165) is 36.3 Å². The number of aromatic nitrogens is 2. The zero-order chi connectivity index (χ0) is 22.4. The SMILES string of the molecule is CCCCCc1nnc(NC(=O)c2cc(S(=O)(=O)Nc3ccccc3C)ccc2C)s1. The van der Waals surface area contributed by atoms with Gasteiger partial charge in [-0.15, -0.1) is 10.2 Å². The zero-order valence-corrected chi connectivity index (χ0v) is 19.4. The molecule has 3 rings (SSSR count). The predicted molar refractivity (Wildman–Crippen MR) is 124 cm³/mol. The summed E-state index contributed by atoms with van der Waals surface area (Å²) in [5.41, 5.74) is 2.25. The Morgan fingerprint density at radius 3 is 2.55 bits per heavy atom. The Kier molecular flexibility index (Phi) is 7.40. The van der Waals surface area contributed by atoms with E-state index in [1.807, 2.05) is 19.1 Å². The molecule has 0 aliphatic carbocycles. The summed E-state index contributed by atoms with van der Waals surface area (Å²) >= 11 is 1.34. The summed E-state index contributed by atoms with van der Waals surface area (Å²) in [7, 11) is -3.85. The standard InChI is InChI=1S/C22H26N4O3S2/c1-4-5-6-11-20-24-25-22(30-20)23-21(27)18-14-17(13-12-15(18)2)31(28,29)26-19-10-8-7-9-16(19)3/h7-10,12-14,26H,4-6,11H2,1-3H3,(H,23,25,27). The van der Waals surface area contributed by atoms with Gasteiger partial charge in [0.15, 0.2) is 0 Å². The molecule has 0 radical (unpaired) electrons. The van der Waals surface area contributed by atoms with Crippen LogP contribution in [0.1, 0.15) is 52.7 Å². The van der Waals surface area contributed by atoms with Crippen molar-refractivity contribution in [2.24, 2.45) is 0 Å². The quantitative estimate of drug-likeness (QED) is 0.442. The molecule has 0 saturated carbocycles. The number of benzene rings is 2. The van der Waals surface area contributed by atoms with E-state index in [0.29, 0.717) is 16.4 Å². The maximum absolute atomic E-state index is 12.9. The Hall–Kier alpha value is -2.78. The summed E-state index contributed by atoms with van der Waals surface area (Å²) in [4.78, 5) is 12.8. The smallest absolute Gasteiger partial charge is 0.261 e. The Labute approximate surface area is 187 Å². The van der Waals surface area contributed by atoms with Gasteiger partial charge in [-0.1, -0.05) is 55.4 Å². The Bertz CT molecular complexity index is 1170. The number of nitrogens with zero attached hydrogens (tertiary/aromatic N) is 2. The topological polar surface area (TPSA) is 101 Å². The molecular weight excluding hydrogens is 432 g/mol. The van der Waals surface area contributed by atoms with Crippen molar-refractivity contribution in [3.05, 3.63) is 64.2 Å². The van der Waals surface area contributed by atoms with Gasteiger partial charge in [0.2, 0.25) is 5.13 Å². The van der Waals surface area contributed by atoms with Crippen LogP contribution >= 0.6 is 11.3 Å². The highest BCUT2D eigenvalue weighted by Crippen LogP contribution is 2.23. The molecule has 0 aliphatic rings. The van der Waals surface area contributed by atoms with Crippen LogP contribution in [0, 0.1) is 13.8 Å². The zero-order valence-electron chi connectivity index (χ0n) is 17.8. The molecule has 0 bridgehead atoms. The van der Waals surface area contributed by atoms with Crippen LogP contribution in [0.5, 0.6) is 0 Å². The lowest BCUT2D eigenvalue weighted by Crippen LogP contribution is -2.17. The molecule has 1 amide bonds. The molecule has 3 aromatic rings. The van der Waals surface area contributed by atoms with Crippen molar-refractivity contribution in [1.29, 1.82) is 0 Å². The lowest BCUT2D eigenvalue weighted by atomic mass is 10.1. The molecule has 0 saturated heterocycles. The van der Waals surface area contributed by atoms with E-state index in [1.54, 1.807) is 25.1 Å². The van der Waals surface area contributed by atoms with Crippen LogP contribution in [0.25, 0.3) is 0 Å². The van der Waals surface area contributed by atoms with Gasteiger partial charge in [0.05, 0.1) is 10.6 Å². The van der Waals surface area contributed by atoms with Crippen LogP contribution in [0.3, 0.4) is 0 Å². The number of rotatable bonds is 9. The lowest BCUT2D eigenvalue weighted by Gasteiger charge is -2.12. The largest absolute Gasteiger partial charge is 0.296 e. The third-order valence-corrected chi connectivity index (χ3v) is 7.10. The highest BCUT2D eigenvalue weighted by Gasteiger charge is 2.20. The summed E-state index contributed by atoms with van der Waals surface area (Å²) in [6.45, 7) is 5.72. The predicted octanol–water partition coefficient (Wildman–Crippen LogP) is 4.94. The third kappa shape index (κ3) is 5.89. The molecule has 9 heteroatoms. The van der Waals surface area contributed by atoms with E-state index in [-0.39, 0.29) is 10.5 Å². The molecule has 1 aromatic heterocycles. The number of aryl methyl sites for hydroxylation is 3. The molecule has 0 fully saturated rings. The van der Waals surface area contributed by atoms with Crippen LogP contribution in [-0.2, 0) is 16.4 Å². The monoisotopic (exact) mass is 458 g/mol. The minimum atomic E-state index is -3.85. The highest BCUT2D eigenvalue weighted by atomic mass is 32.2. The number of amides is 1. The number of nitrogens with one attached hydrogen (secondary N) is 2. The van der Waals surface area contributed by atoms with Crippen LogP contribution in [-0.4, -0.2) is 24.5 Å². The molecule has 2 aromatic carbocycles. The normalized spacial score (nSPS) is 11.3. The number of anilines is 2. The molecule has 0 atom stereocenters. The average molecular weight is 459 g/mol. The molecule has 31 heavy (non-hydrogen) atoms. The van der Waals surface area contributed by atoms with E-state index in [1.165, 1.54) is 23.5 Å². The van der Waals surface area contributed by atoms with Gasteiger partial charge in [-0.05, 0) is 49.6 Å². The minimum Gasteiger partial charge on any atom is -0.296 e. The second-order valence-corrected chi connectivity index (χ2v) is 10.1. The van der Waals surface area contributed by atoms with Gasteiger partial charge < -0.3 is 0 Å². The lowest BCUT2D eigenvalue weighted by molar-refractivity contribution is 0.102. The first-order valence-electron chi connectivity index (χ1n) is 10.1. The van der Waals surface area contributed by atoms with Crippen molar-refractivity contribution < 1.29 is 13.2 Å². The Morgan fingerprint density at radius 2 is 1.81 bits per heavy atom. The van der Waals surface area contributed by atoms with E-state index in [9.17, 15) is 13.2 Å². The van der Waals surface area contributed by atoms with E-state index >= 15 is 0 Å². The fraction of sp³-hybridized carbons (Fsp3) is 0.318. The Balaban J connectivity index is 1.77. The number of sulfonamides is 1. The second kappa shape index (κ2) is 10.0. The Morgan fingerprint density at radius 1 is 1.03 bits per heavy atom. The maximum atomic E-state index is 12.9. The summed E-state index contributed by atoms with van der Waals surface area (Å²) in [6.07, 6.45) is 4.11. The van der Waals surface area contributed by atoms with Crippen LogP contribution in [0.2, 0.25) is 0 Å². The summed E-state index contributed by atoms with van der Waals surface area (Å²) in [5.74, 6) is -0.415. The summed E-state index contributed by atoms with van der Waals surface area (Å²) in [6, 6.07) is 11.6. The van der Waals surface area contributed by atoms with Crippen molar-refractivity contribution in [3.8, 4) is 0 Å². The van der Waals surface area contributed by atoms with Crippen molar-refractivity contribution in [2.45, 2.75) is 51.3 Å². The summed E-state index contributed by atoms with van der Waals surface area (Å²) in [5, 5.41) is 12.2. The first kappa shape index (κ1) is 22.9. The third-order valence-electron chi connectivity index (χ3n) is 4.83. The van der Waals surface area contributed by atoms with Crippen molar-refractivity contribution in [3.63, 3.8) is 0 Å². The van der Waals surface area contributed by atoms with Gasteiger partial charge in [-0.3, -0.25) is 14.8 Å². The molecule has 0 spiro atoms. The first-order valence-corrected chi connectivity index (χ1v) is 12.4. The number of hydrogen-bond donors (Lipinski definition) is 2. The van der Waals surface area contributed by atoms with E-state index in [2.05, 4.69) is 27.2 Å². The van der Waals surface area contributed by atoms with Crippen LogP contribution < -0.4 is 10.0 Å². The minimum absolute atomic E-state index is 0.0176. The number of carbonyl (C=O) groups is 1. The van der Waals surface area contributed by atoms with E-state index in [4.69, 9.17) is 0 Å². The van der Waals surface area contributed by atoms with Gasteiger partial charge >= 0.3 is 0 Å². The number of para-hydroxylation sites is 1. The fourth-order valence-electron chi connectivity index (χ4n) is 3.00.